The van der Waals surface area contributed by atoms with E-state index in [2.05, 4.69) is 30.0 Å². The highest BCUT2D eigenvalue weighted by molar-refractivity contribution is 7.14. The van der Waals surface area contributed by atoms with E-state index in [9.17, 15) is 32.8 Å². The lowest BCUT2D eigenvalue weighted by Crippen LogP contribution is -2.51. The van der Waals surface area contributed by atoms with Crippen molar-refractivity contribution in [1.29, 1.82) is 0 Å². The van der Waals surface area contributed by atoms with E-state index in [1.54, 1.807) is 25.3 Å². The van der Waals surface area contributed by atoms with Crippen LogP contribution in [0.2, 0.25) is 0 Å². The molecule has 4 aliphatic heterocycles. The van der Waals surface area contributed by atoms with Gasteiger partial charge in [-0.3, -0.25) is 24.1 Å². The smallest absolute Gasteiger partial charge is 0.317 e. The van der Waals surface area contributed by atoms with Gasteiger partial charge in [-0.1, -0.05) is 24.3 Å². The normalized spacial score (nSPS) is 22.2. The lowest BCUT2D eigenvalue weighted by atomic mass is 9.80. The number of nitrogens with one attached hydrogen (secondary N) is 1. The summed E-state index contributed by atoms with van der Waals surface area (Å²) in [5.74, 6) is 3.10. The van der Waals surface area contributed by atoms with Gasteiger partial charge in [0.15, 0.2) is 11.6 Å². The molecule has 5 aromatic rings. The van der Waals surface area contributed by atoms with Gasteiger partial charge in [-0.15, -0.1) is 22.7 Å². The number of halogens is 2. The second-order valence-corrected chi connectivity index (χ2v) is 25.1. The Morgan fingerprint density at radius 2 is 1.11 bits per heavy atom. The van der Waals surface area contributed by atoms with E-state index in [1.807, 2.05) is 62.1 Å². The first kappa shape index (κ1) is 59.8. The summed E-state index contributed by atoms with van der Waals surface area (Å²) in [5, 5.41) is 4.34. The Balaban J connectivity index is 0.000000208. The fraction of sp³-hybridized carbons (Fsp3) is 0.565. The van der Waals surface area contributed by atoms with Crippen molar-refractivity contribution in [2.24, 2.45) is 35.5 Å². The van der Waals surface area contributed by atoms with Gasteiger partial charge in [-0.2, -0.15) is 0 Å². The number of benzene rings is 2. The maximum absolute atomic E-state index is 13.4. The number of thiazole rings is 2. The Bertz CT molecular complexity index is 2800. The number of piperidine rings is 4. The van der Waals surface area contributed by atoms with E-state index in [-0.39, 0.29) is 59.1 Å². The van der Waals surface area contributed by atoms with E-state index < -0.39 is 0 Å². The van der Waals surface area contributed by atoms with Crippen LogP contribution in [0.5, 0.6) is 0 Å². The molecule has 0 bridgehead atoms. The van der Waals surface area contributed by atoms with E-state index in [0.717, 1.165) is 107 Å². The number of nitrogens with zero attached hydrogens (tertiary/aromatic N) is 6. The summed E-state index contributed by atoms with van der Waals surface area (Å²) in [6, 6.07) is 17.7. The van der Waals surface area contributed by atoms with Crippen LogP contribution in [0.1, 0.15) is 130 Å². The predicted octanol–water partition coefficient (Wildman–Crippen LogP) is 10.9. The van der Waals surface area contributed by atoms with E-state index in [4.69, 9.17) is 4.42 Å². The van der Waals surface area contributed by atoms with Gasteiger partial charge in [0, 0.05) is 79.0 Å². The van der Waals surface area contributed by atoms with Crippen LogP contribution in [0.4, 0.5) is 13.6 Å². The highest BCUT2D eigenvalue weighted by Gasteiger charge is 2.36. The molecule has 7 heterocycles. The third-order valence-electron chi connectivity index (χ3n) is 16.5. The van der Waals surface area contributed by atoms with Crippen molar-refractivity contribution in [3.63, 3.8) is 0 Å². The van der Waals surface area contributed by atoms with Crippen LogP contribution in [-0.2, 0) is 41.8 Å². The zero-order chi connectivity index (χ0) is 56.0. The Hall–Kier alpha value is -5.33. The van der Waals surface area contributed by atoms with Crippen molar-refractivity contribution in [1.82, 2.24) is 34.9 Å². The summed E-state index contributed by atoms with van der Waals surface area (Å²) < 4.78 is 32.3. The van der Waals surface area contributed by atoms with Gasteiger partial charge < -0.3 is 24.4 Å². The Kier molecular flexibility index (Phi) is 21.9. The number of ketones is 4. The minimum atomic E-state index is -0.201. The third kappa shape index (κ3) is 17.8. The summed E-state index contributed by atoms with van der Waals surface area (Å²) >= 11 is 2.67. The van der Waals surface area contributed by atoms with Crippen molar-refractivity contribution in [3.8, 4) is 0 Å². The molecule has 2 amide bonds. The molecular formula is C62H81F2N7O6S2. The number of carbonyl (C=O) groups excluding carboxylic acids is 5. The zero-order valence-electron chi connectivity index (χ0n) is 47.0. The molecule has 4 aliphatic rings. The molecule has 0 aliphatic carbocycles. The van der Waals surface area contributed by atoms with Crippen LogP contribution < -0.4 is 5.32 Å². The van der Waals surface area contributed by atoms with Gasteiger partial charge in [0.05, 0.1) is 46.8 Å². The average Bonchev–Trinajstić information content (AvgIpc) is 4.18. The lowest BCUT2D eigenvalue weighted by Gasteiger charge is -2.42. The molecule has 0 saturated carbocycles. The average molecular weight is 1120 g/mol. The maximum Gasteiger partial charge on any atom is 0.317 e. The van der Waals surface area contributed by atoms with E-state index in [1.165, 1.54) is 72.1 Å². The molecule has 79 heavy (non-hydrogen) atoms. The first-order valence-electron chi connectivity index (χ1n) is 28.7. The number of hydrogen-bond acceptors (Lipinski definition) is 13. The summed E-state index contributed by atoms with van der Waals surface area (Å²) in [5.41, 5.74) is 3.79. The fourth-order valence-electron chi connectivity index (χ4n) is 12.7. The van der Waals surface area contributed by atoms with Crippen LogP contribution in [0.25, 0.3) is 0 Å². The number of aromatic nitrogens is 2. The standard InChI is InChI=1S/C32H40FN3O3S.C30H41FN4O3S/c1-22-32(23(2)37)40-31(34-22)17-29(38)16-27-20-36(21-30-6-4-14-39-30)13-11-26(27)19-35-12-3-5-25(18-35)15-24-7-9-28(33)10-8-24;1-4-32-30(38)35-13-11-24(18-34-12-5-6-23(17-34)14-22-7-9-26(31)10-8-22)25(19-35)15-27(37)16-28-33-20(2)29(39-28)21(3)36/h4,6-10,14,25-27H,3,5,11-13,15-21H2,1-2H3;7-10,23-25H,4-6,11-19H2,1-3H3,(H,32,38)/t25-,26-,27+;23-,24-,25+/m00/s1. The maximum atomic E-state index is 13.4. The molecule has 0 radical (unpaired) electrons. The van der Waals surface area contributed by atoms with Crippen molar-refractivity contribution >= 4 is 51.8 Å². The molecule has 9 rings (SSSR count). The molecule has 17 heteroatoms. The van der Waals surface area contributed by atoms with Crippen LogP contribution in [0, 0.1) is 61.0 Å². The summed E-state index contributed by atoms with van der Waals surface area (Å²) in [6.07, 6.45) is 11.7. The number of Topliss-reactive ketones (excluding diaryl/α,β-unsaturated/α-hetero) is 4. The van der Waals surface area contributed by atoms with Crippen molar-refractivity contribution in [2.75, 3.05) is 72.0 Å². The van der Waals surface area contributed by atoms with Crippen LogP contribution in [-0.4, -0.2) is 131 Å². The number of rotatable bonds is 21. The second kappa shape index (κ2) is 28.9. The molecule has 13 nitrogen and oxygen atoms in total. The minimum absolute atomic E-state index is 0.00822. The number of likely N-dealkylation sites (tertiary alicyclic amines) is 4. The van der Waals surface area contributed by atoms with Gasteiger partial charge >= 0.3 is 6.03 Å². The Morgan fingerprint density at radius 3 is 1.57 bits per heavy atom. The topological polar surface area (TPSA) is 149 Å². The van der Waals surface area contributed by atoms with Crippen molar-refractivity contribution in [3.05, 3.63) is 127 Å². The number of hydrogen-bond donors (Lipinski definition) is 1. The molecule has 0 unspecified atom stereocenters. The number of amides is 2. The first-order chi connectivity index (χ1) is 38.0. The number of furan rings is 1. The molecule has 3 aromatic heterocycles. The highest BCUT2D eigenvalue weighted by Crippen LogP contribution is 2.34. The van der Waals surface area contributed by atoms with Crippen LogP contribution in [0.15, 0.2) is 71.3 Å². The van der Waals surface area contributed by atoms with Gasteiger partial charge in [0.2, 0.25) is 0 Å². The Morgan fingerprint density at radius 1 is 0.620 bits per heavy atom. The van der Waals surface area contributed by atoms with E-state index >= 15 is 0 Å². The highest BCUT2D eigenvalue weighted by atomic mass is 32.1. The first-order valence-corrected chi connectivity index (χ1v) is 30.4. The summed E-state index contributed by atoms with van der Waals surface area (Å²) in [7, 11) is 0. The quantitative estimate of drug-likeness (QED) is 0.0700. The SMILES string of the molecule is CC(=O)c1sc(CC(=O)C[C@@H]2CN(Cc3ccco3)CC[C@H]2CN2CCC[C@@H](Cc3ccc(F)cc3)C2)nc1C.CCNC(=O)N1CC[C@@H](CN2CCC[C@@H](Cc3ccc(F)cc3)C2)[C@H](CC(=O)Cc2nc(C)c(C(C)=O)s2)C1. The zero-order valence-corrected chi connectivity index (χ0v) is 48.6. The van der Waals surface area contributed by atoms with Gasteiger partial charge in [-0.05, 0) is 175 Å². The fourth-order valence-corrected chi connectivity index (χ4v) is 14.7. The number of carbonyl (C=O) groups is 5. The minimum Gasteiger partial charge on any atom is -0.468 e. The molecule has 0 spiro atoms. The predicted molar refractivity (Wildman–Crippen MR) is 307 cm³/mol. The molecule has 1 N–H and O–H groups in total. The summed E-state index contributed by atoms with van der Waals surface area (Å²) in [4.78, 5) is 82.5. The van der Waals surface area contributed by atoms with Crippen LogP contribution >= 0.6 is 22.7 Å². The van der Waals surface area contributed by atoms with Crippen molar-refractivity contribution < 1.29 is 37.2 Å². The monoisotopic (exact) mass is 1120 g/mol. The third-order valence-corrected chi connectivity index (χ3v) is 19.0. The molecule has 2 aromatic carbocycles. The number of urea groups is 1. The molecule has 4 fully saturated rings. The molecule has 4 saturated heterocycles. The second-order valence-electron chi connectivity index (χ2n) is 22.9. The van der Waals surface area contributed by atoms with Gasteiger partial charge in [0.1, 0.15) is 39.0 Å². The number of aryl methyl sites for hydroxylation is 2. The molecule has 6 atom stereocenters. The molecular weight excluding hydrogens is 1040 g/mol. The van der Waals surface area contributed by atoms with Crippen LogP contribution in [0.3, 0.4) is 0 Å². The van der Waals surface area contributed by atoms with Crippen molar-refractivity contribution in [2.45, 2.75) is 118 Å². The Labute approximate surface area is 473 Å². The molecule has 426 valence electrons. The lowest BCUT2D eigenvalue weighted by molar-refractivity contribution is -0.121. The van der Waals surface area contributed by atoms with Gasteiger partial charge in [-0.25, -0.2) is 23.5 Å². The largest absolute Gasteiger partial charge is 0.468 e. The van der Waals surface area contributed by atoms with E-state index in [0.29, 0.717) is 83.0 Å². The van der Waals surface area contributed by atoms with Gasteiger partial charge in [0.25, 0.3) is 0 Å². The summed E-state index contributed by atoms with van der Waals surface area (Å²) in [6.45, 7) is 19.3.